The summed E-state index contributed by atoms with van der Waals surface area (Å²) in [4.78, 5) is 36.6. The van der Waals surface area contributed by atoms with Crippen LogP contribution in [0, 0.1) is 5.92 Å². The van der Waals surface area contributed by atoms with Gasteiger partial charge < -0.3 is 21.1 Å². The molecule has 0 aromatic heterocycles. The molecule has 7 heteroatoms. The van der Waals surface area contributed by atoms with Crippen molar-refractivity contribution in [2.45, 2.75) is 45.7 Å². The standard InChI is InChI=1S/C19H29N3O4/c1-4-26-19(25)16(10-13(2)3)22-18(24)15(21-17(23)12-20)11-14-8-6-5-7-9-14/h5-9,13,15-16H,4,10-12,20H2,1-3H3,(H,21,23)(H,22,24). The zero-order chi connectivity index (χ0) is 19.5. The molecule has 0 heterocycles. The highest BCUT2D eigenvalue weighted by atomic mass is 16.5. The lowest BCUT2D eigenvalue weighted by Gasteiger charge is -2.23. The minimum atomic E-state index is -0.822. The number of rotatable bonds is 10. The number of carbonyl (C=O) groups is 3. The van der Waals surface area contributed by atoms with Crippen molar-refractivity contribution in [3.63, 3.8) is 0 Å². The smallest absolute Gasteiger partial charge is 0.328 e. The van der Waals surface area contributed by atoms with Gasteiger partial charge in [0.2, 0.25) is 11.8 Å². The van der Waals surface area contributed by atoms with Gasteiger partial charge >= 0.3 is 5.97 Å². The lowest BCUT2D eigenvalue weighted by molar-refractivity contribution is -0.148. The molecule has 0 aliphatic rings. The maximum atomic E-state index is 12.7. The van der Waals surface area contributed by atoms with Gasteiger partial charge in [-0.3, -0.25) is 9.59 Å². The average Bonchev–Trinajstić information content (AvgIpc) is 2.61. The second kappa shape index (κ2) is 11.3. The molecule has 2 unspecified atom stereocenters. The van der Waals surface area contributed by atoms with Crippen molar-refractivity contribution in [3.8, 4) is 0 Å². The van der Waals surface area contributed by atoms with Crippen LogP contribution in [0.3, 0.4) is 0 Å². The molecule has 7 nitrogen and oxygen atoms in total. The summed E-state index contributed by atoms with van der Waals surface area (Å²) in [7, 11) is 0. The number of esters is 1. The predicted molar refractivity (Wildman–Crippen MR) is 99.1 cm³/mol. The normalized spacial score (nSPS) is 13.0. The zero-order valence-electron chi connectivity index (χ0n) is 15.7. The van der Waals surface area contributed by atoms with Gasteiger partial charge in [0.1, 0.15) is 12.1 Å². The first-order chi connectivity index (χ1) is 12.4. The molecular weight excluding hydrogens is 334 g/mol. The van der Waals surface area contributed by atoms with Gasteiger partial charge in [-0.15, -0.1) is 0 Å². The monoisotopic (exact) mass is 363 g/mol. The fourth-order valence-corrected chi connectivity index (χ4v) is 2.51. The van der Waals surface area contributed by atoms with E-state index in [0.717, 1.165) is 5.56 Å². The van der Waals surface area contributed by atoms with Crippen molar-refractivity contribution in [1.82, 2.24) is 10.6 Å². The lowest BCUT2D eigenvalue weighted by atomic mass is 10.0. The fraction of sp³-hybridized carbons (Fsp3) is 0.526. The zero-order valence-corrected chi connectivity index (χ0v) is 15.7. The Balaban J connectivity index is 2.89. The summed E-state index contributed by atoms with van der Waals surface area (Å²) in [6.07, 6.45) is 0.753. The van der Waals surface area contributed by atoms with E-state index in [2.05, 4.69) is 10.6 Å². The molecule has 0 bridgehead atoms. The second-order valence-corrected chi connectivity index (χ2v) is 6.46. The minimum absolute atomic E-state index is 0.191. The van der Waals surface area contributed by atoms with Crippen LogP contribution in [0.25, 0.3) is 0 Å². The molecule has 26 heavy (non-hydrogen) atoms. The van der Waals surface area contributed by atoms with Crippen LogP contribution in [0.2, 0.25) is 0 Å². The molecule has 0 aliphatic heterocycles. The molecule has 1 aromatic carbocycles. The summed E-state index contributed by atoms with van der Waals surface area (Å²) in [5.74, 6) is -1.15. The van der Waals surface area contributed by atoms with Gasteiger partial charge in [0.05, 0.1) is 13.2 Å². The molecule has 4 N–H and O–H groups in total. The van der Waals surface area contributed by atoms with Crippen LogP contribution < -0.4 is 16.4 Å². The molecule has 1 aromatic rings. The van der Waals surface area contributed by atoms with Crippen LogP contribution in [0.1, 0.15) is 32.8 Å². The maximum Gasteiger partial charge on any atom is 0.328 e. The first-order valence-electron chi connectivity index (χ1n) is 8.87. The van der Waals surface area contributed by atoms with Crippen LogP contribution >= 0.6 is 0 Å². The summed E-state index contributed by atoms with van der Waals surface area (Å²) < 4.78 is 5.05. The number of hydrogen-bond donors (Lipinski definition) is 3. The van der Waals surface area contributed by atoms with Crippen molar-refractivity contribution < 1.29 is 19.1 Å². The Hall–Kier alpha value is -2.41. The summed E-state index contributed by atoms with van der Waals surface area (Å²) in [5, 5.41) is 5.33. The van der Waals surface area contributed by atoms with Gasteiger partial charge in [-0.25, -0.2) is 4.79 Å². The third-order valence-electron chi connectivity index (χ3n) is 3.71. The number of hydrogen-bond acceptors (Lipinski definition) is 5. The van der Waals surface area contributed by atoms with Gasteiger partial charge in [-0.1, -0.05) is 44.2 Å². The van der Waals surface area contributed by atoms with Crippen LogP contribution in [0.15, 0.2) is 30.3 Å². The predicted octanol–water partition coefficient (Wildman–Crippen LogP) is 0.767. The van der Waals surface area contributed by atoms with E-state index in [-0.39, 0.29) is 19.1 Å². The topological polar surface area (TPSA) is 111 Å². The number of ether oxygens (including phenoxy) is 1. The minimum Gasteiger partial charge on any atom is -0.464 e. The van der Waals surface area contributed by atoms with Gasteiger partial charge in [-0.2, -0.15) is 0 Å². The SMILES string of the molecule is CCOC(=O)C(CC(C)C)NC(=O)C(Cc1ccccc1)NC(=O)CN. The highest BCUT2D eigenvalue weighted by molar-refractivity contribution is 5.91. The highest BCUT2D eigenvalue weighted by Gasteiger charge is 2.28. The van der Waals surface area contributed by atoms with Gasteiger partial charge in [0, 0.05) is 6.42 Å². The molecule has 0 saturated carbocycles. The van der Waals surface area contributed by atoms with Crippen molar-refractivity contribution in [1.29, 1.82) is 0 Å². The molecule has 1 rings (SSSR count). The van der Waals surface area contributed by atoms with Crippen LogP contribution in [0.4, 0.5) is 0 Å². The summed E-state index contributed by atoms with van der Waals surface area (Å²) in [6.45, 7) is 5.64. The third-order valence-corrected chi connectivity index (χ3v) is 3.71. The van der Waals surface area contributed by atoms with Crippen molar-refractivity contribution in [3.05, 3.63) is 35.9 Å². The Kier molecular flexibility index (Phi) is 9.36. The quantitative estimate of drug-likeness (QED) is 0.532. The molecule has 2 amide bonds. The van der Waals surface area contributed by atoms with E-state index in [9.17, 15) is 14.4 Å². The van der Waals surface area contributed by atoms with Gasteiger partial charge in [-0.05, 0) is 24.8 Å². The molecule has 0 aliphatic carbocycles. The van der Waals surface area contributed by atoms with Crippen molar-refractivity contribution in [2.24, 2.45) is 11.7 Å². The van der Waals surface area contributed by atoms with Crippen LogP contribution in [-0.2, 0) is 25.5 Å². The molecule has 0 fully saturated rings. The number of amides is 2. The Morgan fingerprint density at radius 2 is 1.73 bits per heavy atom. The summed E-state index contributed by atoms with van der Waals surface area (Å²) in [5.41, 5.74) is 6.24. The highest BCUT2D eigenvalue weighted by Crippen LogP contribution is 2.09. The van der Waals surface area contributed by atoms with Crippen LogP contribution in [0.5, 0.6) is 0 Å². The Bertz CT molecular complexity index is 590. The molecule has 0 spiro atoms. The Morgan fingerprint density at radius 3 is 2.27 bits per heavy atom. The van der Waals surface area contributed by atoms with Gasteiger partial charge in [0.25, 0.3) is 0 Å². The maximum absolute atomic E-state index is 12.7. The number of nitrogens with one attached hydrogen (secondary N) is 2. The second-order valence-electron chi connectivity index (χ2n) is 6.46. The number of benzene rings is 1. The Morgan fingerprint density at radius 1 is 1.08 bits per heavy atom. The van der Waals surface area contributed by atoms with E-state index in [4.69, 9.17) is 10.5 Å². The Labute approximate surface area is 154 Å². The molecular formula is C19H29N3O4. The van der Waals surface area contributed by atoms with Crippen LogP contribution in [-0.4, -0.2) is 43.0 Å². The number of carbonyl (C=O) groups excluding carboxylic acids is 3. The summed E-state index contributed by atoms with van der Waals surface area (Å²) >= 11 is 0. The van der Waals surface area contributed by atoms with Crippen molar-refractivity contribution >= 4 is 17.8 Å². The van der Waals surface area contributed by atoms with E-state index in [0.29, 0.717) is 12.8 Å². The molecule has 0 radical (unpaired) electrons. The molecule has 0 saturated heterocycles. The summed E-state index contributed by atoms with van der Waals surface area (Å²) in [6, 6.07) is 7.74. The largest absolute Gasteiger partial charge is 0.464 e. The first kappa shape index (κ1) is 21.6. The molecule has 2 atom stereocenters. The van der Waals surface area contributed by atoms with E-state index in [1.807, 2.05) is 44.2 Å². The lowest BCUT2D eigenvalue weighted by Crippen LogP contribution is -2.53. The number of nitrogens with two attached hydrogens (primary N) is 1. The molecule has 144 valence electrons. The van der Waals surface area contributed by atoms with E-state index in [1.165, 1.54) is 0 Å². The fourth-order valence-electron chi connectivity index (χ4n) is 2.51. The van der Waals surface area contributed by atoms with E-state index >= 15 is 0 Å². The third kappa shape index (κ3) is 7.65. The van der Waals surface area contributed by atoms with E-state index < -0.39 is 29.9 Å². The van der Waals surface area contributed by atoms with Crippen molar-refractivity contribution in [2.75, 3.05) is 13.2 Å². The van der Waals surface area contributed by atoms with Gasteiger partial charge in [0.15, 0.2) is 0 Å². The van der Waals surface area contributed by atoms with E-state index in [1.54, 1.807) is 6.92 Å². The average molecular weight is 363 g/mol. The first-order valence-corrected chi connectivity index (χ1v) is 8.87.